The van der Waals surface area contributed by atoms with Crippen molar-refractivity contribution >= 4 is 23.8 Å². The second-order valence-corrected chi connectivity index (χ2v) is 6.36. The van der Waals surface area contributed by atoms with Gasteiger partial charge in [-0.2, -0.15) is 0 Å². The number of ether oxygens (including phenoxy) is 1. The summed E-state index contributed by atoms with van der Waals surface area (Å²) in [5, 5.41) is 6.90. The molecule has 152 valence electrons. The minimum absolute atomic E-state index is 0.388. The number of nitrogens with one attached hydrogen (secondary N) is 3. The van der Waals surface area contributed by atoms with Gasteiger partial charge in [-0.3, -0.25) is 14.9 Å². The standard InChI is InChI=1S/C21H23N3O5/c1-13-8-7-11-16(12-13)18(25)23-14(2)20(27)29-17(15-9-5-4-6-10-15)19(26)24-21(28)22-3/h4-12,14,17H,1-3H3,(H,23,25)(H2,22,24,26,28)/t14-,17-/m0/s1. The molecule has 0 spiro atoms. The van der Waals surface area contributed by atoms with Crippen molar-refractivity contribution in [1.29, 1.82) is 0 Å². The Hall–Kier alpha value is -3.68. The Kier molecular flexibility index (Phi) is 7.47. The predicted octanol–water partition coefficient (Wildman–Crippen LogP) is 1.85. The van der Waals surface area contributed by atoms with Gasteiger partial charge in [0.25, 0.3) is 11.8 Å². The summed E-state index contributed by atoms with van der Waals surface area (Å²) in [5.74, 6) is -2.06. The number of benzene rings is 2. The first-order valence-corrected chi connectivity index (χ1v) is 8.97. The number of hydrogen-bond donors (Lipinski definition) is 3. The lowest BCUT2D eigenvalue weighted by Gasteiger charge is -2.20. The fraction of sp³-hybridized carbons (Fsp3) is 0.238. The average molecular weight is 397 g/mol. The van der Waals surface area contributed by atoms with E-state index in [4.69, 9.17) is 4.74 Å². The molecule has 2 atom stereocenters. The van der Waals surface area contributed by atoms with Crippen LogP contribution in [0.15, 0.2) is 54.6 Å². The van der Waals surface area contributed by atoms with E-state index in [1.165, 1.54) is 14.0 Å². The molecule has 2 aromatic carbocycles. The van der Waals surface area contributed by atoms with E-state index in [-0.39, 0.29) is 0 Å². The monoisotopic (exact) mass is 397 g/mol. The molecule has 0 aliphatic rings. The van der Waals surface area contributed by atoms with Gasteiger partial charge >= 0.3 is 12.0 Å². The number of hydrogen-bond acceptors (Lipinski definition) is 5. The Balaban J connectivity index is 2.10. The fourth-order valence-corrected chi connectivity index (χ4v) is 2.48. The number of carbonyl (C=O) groups excluding carboxylic acids is 4. The van der Waals surface area contributed by atoms with Crippen molar-refractivity contribution in [2.45, 2.75) is 26.0 Å². The molecule has 0 aliphatic heterocycles. The van der Waals surface area contributed by atoms with Crippen molar-refractivity contribution in [3.05, 3.63) is 71.3 Å². The van der Waals surface area contributed by atoms with Crippen LogP contribution in [0.2, 0.25) is 0 Å². The molecule has 2 rings (SSSR count). The predicted molar refractivity (Wildman–Crippen MR) is 106 cm³/mol. The van der Waals surface area contributed by atoms with Gasteiger partial charge in [0, 0.05) is 18.2 Å². The Morgan fingerprint density at radius 3 is 2.28 bits per heavy atom. The van der Waals surface area contributed by atoms with Crippen LogP contribution in [0.25, 0.3) is 0 Å². The molecule has 0 saturated carbocycles. The van der Waals surface area contributed by atoms with E-state index in [1.54, 1.807) is 48.5 Å². The van der Waals surface area contributed by atoms with Gasteiger partial charge in [0.15, 0.2) is 0 Å². The summed E-state index contributed by atoms with van der Waals surface area (Å²) < 4.78 is 5.32. The third-order valence-corrected chi connectivity index (χ3v) is 4.02. The molecular formula is C21H23N3O5. The Bertz CT molecular complexity index is 898. The minimum Gasteiger partial charge on any atom is -0.446 e. The molecule has 29 heavy (non-hydrogen) atoms. The lowest BCUT2D eigenvalue weighted by atomic mass is 10.1. The van der Waals surface area contributed by atoms with Gasteiger partial charge in [-0.15, -0.1) is 0 Å². The van der Waals surface area contributed by atoms with Crippen molar-refractivity contribution in [1.82, 2.24) is 16.0 Å². The molecule has 4 amide bonds. The van der Waals surface area contributed by atoms with Crippen LogP contribution >= 0.6 is 0 Å². The molecule has 0 unspecified atom stereocenters. The first kappa shape index (κ1) is 21.6. The minimum atomic E-state index is -1.35. The summed E-state index contributed by atoms with van der Waals surface area (Å²) in [5.41, 5.74) is 1.70. The van der Waals surface area contributed by atoms with E-state index >= 15 is 0 Å². The van der Waals surface area contributed by atoms with Crippen LogP contribution in [0, 0.1) is 6.92 Å². The molecule has 3 N–H and O–H groups in total. The van der Waals surface area contributed by atoms with Crippen LogP contribution in [0.3, 0.4) is 0 Å². The Morgan fingerprint density at radius 1 is 0.966 bits per heavy atom. The molecule has 2 aromatic rings. The van der Waals surface area contributed by atoms with Crippen LogP contribution < -0.4 is 16.0 Å². The topological polar surface area (TPSA) is 114 Å². The maximum atomic E-state index is 12.5. The maximum absolute atomic E-state index is 12.5. The highest BCUT2D eigenvalue weighted by Gasteiger charge is 2.29. The summed E-state index contributed by atoms with van der Waals surface area (Å²) in [6.45, 7) is 3.30. The van der Waals surface area contributed by atoms with Crippen molar-refractivity contribution in [3.8, 4) is 0 Å². The van der Waals surface area contributed by atoms with Crippen LogP contribution in [-0.2, 0) is 14.3 Å². The first-order chi connectivity index (χ1) is 13.8. The molecular weight excluding hydrogens is 374 g/mol. The number of imide groups is 1. The van der Waals surface area contributed by atoms with E-state index < -0.39 is 36.0 Å². The maximum Gasteiger partial charge on any atom is 0.329 e. The number of urea groups is 1. The lowest BCUT2D eigenvalue weighted by molar-refractivity contribution is -0.157. The zero-order valence-corrected chi connectivity index (χ0v) is 16.4. The van der Waals surface area contributed by atoms with Crippen LogP contribution in [0.5, 0.6) is 0 Å². The summed E-state index contributed by atoms with van der Waals surface area (Å²) in [4.78, 5) is 48.7. The van der Waals surface area contributed by atoms with Gasteiger partial charge in [-0.25, -0.2) is 9.59 Å². The van der Waals surface area contributed by atoms with E-state index in [1.807, 2.05) is 13.0 Å². The SMILES string of the molecule is CNC(=O)NC(=O)[C@@H](OC(=O)[C@H](C)NC(=O)c1cccc(C)c1)c1ccccc1. The molecule has 0 radical (unpaired) electrons. The molecule has 8 nitrogen and oxygen atoms in total. The molecule has 0 saturated heterocycles. The number of esters is 1. The highest BCUT2D eigenvalue weighted by molar-refractivity contribution is 5.99. The van der Waals surface area contributed by atoms with E-state index in [2.05, 4.69) is 16.0 Å². The van der Waals surface area contributed by atoms with E-state index in [0.717, 1.165) is 5.56 Å². The number of aryl methyl sites for hydroxylation is 1. The summed E-state index contributed by atoms with van der Waals surface area (Å²) in [6, 6.07) is 13.4. The van der Waals surface area contributed by atoms with Crippen molar-refractivity contribution in [2.24, 2.45) is 0 Å². The summed E-state index contributed by atoms with van der Waals surface area (Å²) in [6.07, 6.45) is -1.35. The summed E-state index contributed by atoms with van der Waals surface area (Å²) in [7, 11) is 1.36. The quantitative estimate of drug-likeness (QED) is 0.644. The fourth-order valence-electron chi connectivity index (χ4n) is 2.48. The largest absolute Gasteiger partial charge is 0.446 e. The van der Waals surface area contributed by atoms with Gasteiger partial charge in [0.1, 0.15) is 6.04 Å². The molecule has 0 aliphatic carbocycles. The van der Waals surface area contributed by atoms with E-state index in [0.29, 0.717) is 11.1 Å². The van der Waals surface area contributed by atoms with Crippen molar-refractivity contribution in [3.63, 3.8) is 0 Å². The summed E-state index contributed by atoms with van der Waals surface area (Å²) >= 11 is 0. The Morgan fingerprint density at radius 2 is 1.66 bits per heavy atom. The molecule has 0 bridgehead atoms. The first-order valence-electron chi connectivity index (χ1n) is 8.97. The molecule has 8 heteroatoms. The van der Waals surface area contributed by atoms with Gasteiger partial charge in [-0.1, -0.05) is 48.0 Å². The van der Waals surface area contributed by atoms with Crippen LogP contribution in [-0.4, -0.2) is 36.9 Å². The van der Waals surface area contributed by atoms with Gasteiger partial charge in [0.05, 0.1) is 0 Å². The highest BCUT2D eigenvalue weighted by atomic mass is 16.5. The van der Waals surface area contributed by atoms with Crippen molar-refractivity contribution < 1.29 is 23.9 Å². The number of rotatable bonds is 6. The molecule has 0 aromatic heterocycles. The number of carbonyl (C=O) groups is 4. The highest BCUT2D eigenvalue weighted by Crippen LogP contribution is 2.18. The lowest BCUT2D eigenvalue weighted by Crippen LogP contribution is -2.44. The zero-order valence-electron chi connectivity index (χ0n) is 16.4. The normalized spacial score (nSPS) is 12.2. The van der Waals surface area contributed by atoms with Gasteiger partial charge in [0.2, 0.25) is 6.10 Å². The Labute approximate surface area is 168 Å². The average Bonchev–Trinajstić information content (AvgIpc) is 2.72. The van der Waals surface area contributed by atoms with Gasteiger partial charge in [-0.05, 0) is 26.0 Å². The van der Waals surface area contributed by atoms with Gasteiger partial charge < -0.3 is 15.4 Å². The third-order valence-electron chi connectivity index (χ3n) is 4.02. The molecule has 0 heterocycles. The van der Waals surface area contributed by atoms with Crippen LogP contribution in [0.1, 0.15) is 34.5 Å². The van der Waals surface area contributed by atoms with Crippen molar-refractivity contribution in [2.75, 3.05) is 7.05 Å². The second kappa shape index (κ2) is 10.0. The second-order valence-electron chi connectivity index (χ2n) is 6.36. The van der Waals surface area contributed by atoms with E-state index in [9.17, 15) is 19.2 Å². The molecule has 0 fully saturated rings. The zero-order chi connectivity index (χ0) is 21.4. The van der Waals surface area contributed by atoms with Crippen LogP contribution in [0.4, 0.5) is 4.79 Å². The third kappa shape index (κ3) is 6.17. The smallest absolute Gasteiger partial charge is 0.329 e. The number of amides is 4.